The minimum absolute atomic E-state index is 0.129. The highest BCUT2D eigenvalue weighted by atomic mass is 16.5. The van der Waals surface area contributed by atoms with Crippen molar-refractivity contribution in [3.05, 3.63) is 11.7 Å². The average molecular weight is 298 g/mol. The van der Waals surface area contributed by atoms with Crippen LogP contribution in [-0.2, 0) is 11.3 Å². The van der Waals surface area contributed by atoms with Crippen molar-refractivity contribution >= 4 is 12.0 Å². The molecule has 8 nitrogen and oxygen atoms in total. The van der Waals surface area contributed by atoms with Crippen molar-refractivity contribution in [2.45, 2.75) is 46.6 Å². The van der Waals surface area contributed by atoms with Gasteiger partial charge in [0.05, 0.1) is 6.54 Å². The number of amides is 2. The number of hydrogen-bond acceptors (Lipinski definition) is 5. The Balaban J connectivity index is 2.19. The molecule has 0 bridgehead atoms. The lowest BCUT2D eigenvalue weighted by molar-refractivity contribution is -0.137. The summed E-state index contributed by atoms with van der Waals surface area (Å²) in [6.45, 7) is 6.32. The lowest BCUT2D eigenvalue weighted by Crippen LogP contribution is -2.37. The van der Waals surface area contributed by atoms with Crippen LogP contribution < -0.4 is 10.6 Å². The molecule has 0 aliphatic rings. The maximum Gasteiger partial charge on any atom is 0.315 e. The zero-order valence-corrected chi connectivity index (χ0v) is 12.6. The zero-order chi connectivity index (χ0) is 15.9. The van der Waals surface area contributed by atoms with Crippen molar-refractivity contribution in [3.63, 3.8) is 0 Å². The van der Waals surface area contributed by atoms with E-state index < -0.39 is 5.97 Å². The first kappa shape index (κ1) is 16.9. The molecule has 1 aromatic heterocycles. The molecule has 3 N–H and O–H groups in total. The summed E-state index contributed by atoms with van der Waals surface area (Å²) >= 11 is 0. The van der Waals surface area contributed by atoms with Crippen LogP contribution in [0.25, 0.3) is 0 Å². The largest absolute Gasteiger partial charge is 0.481 e. The van der Waals surface area contributed by atoms with Gasteiger partial charge in [0.2, 0.25) is 5.89 Å². The summed E-state index contributed by atoms with van der Waals surface area (Å²) in [5, 5.41) is 17.7. The second kappa shape index (κ2) is 7.61. The van der Waals surface area contributed by atoms with Crippen molar-refractivity contribution in [1.29, 1.82) is 0 Å². The lowest BCUT2D eigenvalue weighted by atomic mass is 9.84. The molecule has 0 fully saturated rings. The van der Waals surface area contributed by atoms with Gasteiger partial charge in [-0.25, -0.2) is 4.79 Å². The van der Waals surface area contributed by atoms with E-state index in [2.05, 4.69) is 20.8 Å². The van der Waals surface area contributed by atoms with Gasteiger partial charge < -0.3 is 20.3 Å². The number of aliphatic carboxylic acids is 1. The van der Waals surface area contributed by atoms with Crippen LogP contribution in [0.5, 0.6) is 0 Å². The summed E-state index contributed by atoms with van der Waals surface area (Å²) in [5.74, 6) is 0.0704. The number of carboxylic acid groups (broad SMARTS) is 1. The normalized spacial score (nSPS) is 11.2. The van der Waals surface area contributed by atoms with E-state index >= 15 is 0 Å². The van der Waals surface area contributed by atoms with Gasteiger partial charge in [0.15, 0.2) is 5.82 Å². The fraction of sp³-hybridized carbons (Fsp3) is 0.692. The van der Waals surface area contributed by atoms with Crippen LogP contribution in [0.15, 0.2) is 4.52 Å². The number of urea groups is 1. The molecule has 21 heavy (non-hydrogen) atoms. The molecule has 8 heteroatoms. The molecule has 0 unspecified atom stereocenters. The van der Waals surface area contributed by atoms with E-state index in [-0.39, 0.29) is 24.4 Å². The number of carbonyl (C=O) groups excluding carboxylic acids is 1. The van der Waals surface area contributed by atoms with E-state index in [0.29, 0.717) is 31.1 Å². The van der Waals surface area contributed by atoms with Gasteiger partial charge >= 0.3 is 12.0 Å². The summed E-state index contributed by atoms with van der Waals surface area (Å²) in [6, 6.07) is -0.313. The molecule has 0 saturated carbocycles. The van der Waals surface area contributed by atoms with Crippen molar-refractivity contribution in [1.82, 2.24) is 20.8 Å². The number of carbonyl (C=O) groups is 2. The van der Waals surface area contributed by atoms with Gasteiger partial charge in [-0.05, 0) is 18.3 Å². The van der Waals surface area contributed by atoms with Gasteiger partial charge in [-0.2, -0.15) is 4.98 Å². The first-order chi connectivity index (χ1) is 9.78. The molecule has 0 aliphatic heterocycles. The predicted octanol–water partition coefficient (Wildman–Crippen LogP) is 1.46. The quantitative estimate of drug-likeness (QED) is 0.668. The molecule has 0 atom stereocenters. The number of aryl methyl sites for hydroxylation is 1. The zero-order valence-electron chi connectivity index (χ0n) is 12.6. The molecule has 0 spiro atoms. The van der Waals surface area contributed by atoms with Crippen molar-refractivity contribution in [2.75, 3.05) is 6.54 Å². The van der Waals surface area contributed by atoms with Gasteiger partial charge in [0.1, 0.15) is 0 Å². The second-order valence-corrected chi connectivity index (χ2v) is 5.65. The smallest absolute Gasteiger partial charge is 0.315 e. The first-order valence-electron chi connectivity index (χ1n) is 6.81. The summed E-state index contributed by atoms with van der Waals surface area (Å²) in [5.41, 5.74) is -0.129. The number of hydrogen-bond donors (Lipinski definition) is 3. The topological polar surface area (TPSA) is 117 Å². The average Bonchev–Trinajstić information content (AvgIpc) is 2.80. The molecule has 0 aromatic carbocycles. The Morgan fingerprint density at radius 3 is 2.57 bits per heavy atom. The van der Waals surface area contributed by atoms with Crippen LogP contribution in [0.2, 0.25) is 0 Å². The third-order valence-corrected chi connectivity index (χ3v) is 3.08. The fourth-order valence-corrected chi connectivity index (χ4v) is 1.72. The highest BCUT2D eigenvalue weighted by molar-refractivity contribution is 5.73. The Hall–Kier alpha value is -2.12. The molecular weight excluding hydrogens is 276 g/mol. The van der Waals surface area contributed by atoms with Crippen LogP contribution in [-0.4, -0.2) is 33.8 Å². The van der Waals surface area contributed by atoms with E-state index in [1.807, 2.05) is 13.8 Å². The van der Waals surface area contributed by atoms with Crippen LogP contribution in [0.4, 0.5) is 4.79 Å². The Morgan fingerprint density at radius 1 is 1.29 bits per heavy atom. The molecule has 1 heterocycles. The standard InChI is InChI=1S/C13H22N4O4/c1-9-16-10(17-21-9)8-15-12(20)14-7-6-13(2,3)5-4-11(18)19/h4-8H2,1-3H3,(H,18,19)(H2,14,15,20). The van der Waals surface area contributed by atoms with E-state index in [9.17, 15) is 9.59 Å². The predicted molar refractivity (Wildman–Crippen MR) is 74.5 cm³/mol. The lowest BCUT2D eigenvalue weighted by Gasteiger charge is -2.23. The van der Waals surface area contributed by atoms with E-state index in [1.54, 1.807) is 6.92 Å². The highest BCUT2D eigenvalue weighted by Gasteiger charge is 2.19. The molecule has 1 rings (SSSR count). The van der Waals surface area contributed by atoms with Crippen LogP contribution in [0.1, 0.15) is 44.8 Å². The number of carboxylic acids is 1. The van der Waals surface area contributed by atoms with Crippen LogP contribution >= 0.6 is 0 Å². The molecule has 1 aromatic rings. The number of nitrogens with one attached hydrogen (secondary N) is 2. The monoisotopic (exact) mass is 298 g/mol. The third kappa shape index (κ3) is 7.28. The van der Waals surface area contributed by atoms with Gasteiger partial charge in [0.25, 0.3) is 0 Å². The molecule has 0 aliphatic carbocycles. The number of aromatic nitrogens is 2. The minimum Gasteiger partial charge on any atom is -0.481 e. The fourth-order valence-electron chi connectivity index (χ4n) is 1.72. The third-order valence-electron chi connectivity index (χ3n) is 3.08. The molecule has 118 valence electrons. The summed E-state index contributed by atoms with van der Waals surface area (Å²) in [7, 11) is 0. The van der Waals surface area contributed by atoms with Gasteiger partial charge in [-0.1, -0.05) is 19.0 Å². The maximum atomic E-state index is 11.6. The Morgan fingerprint density at radius 2 is 2.00 bits per heavy atom. The van der Waals surface area contributed by atoms with Crippen molar-refractivity contribution in [3.8, 4) is 0 Å². The van der Waals surface area contributed by atoms with Crippen LogP contribution in [0.3, 0.4) is 0 Å². The SMILES string of the molecule is Cc1nc(CNC(=O)NCCC(C)(C)CCC(=O)O)no1. The molecule has 0 saturated heterocycles. The number of rotatable bonds is 8. The van der Waals surface area contributed by atoms with E-state index in [4.69, 9.17) is 9.63 Å². The van der Waals surface area contributed by atoms with Crippen molar-refractivity contribution < 1.29 is 19.2 Å². The van der Waals surface area contributed by atoms with Gasteiger partial charge in [-0.3, -0.25) is 4.79 Å². The first-order valence-corrected chi connectivity index (χ1v) is 6.81. The van der Waals surface area contributed by atoms with Crippen LogP contribution in [0, 0.1) is 12.3 Å². The Labute approximate surface area is 123 Å². The Bertz CT molecular complexity index is 484. The summed E-state index contributed by atoms with van der Waals surface area (Å²) in [6.07, 6.45) is 1.42. The molecule has 2 amide bonds. The molecular formula is C13H22N4O4. The van der Waals surface area contributed by atoms with E-state index in [0.717, 1.165) is 0 Å². The van der Waals surface area contributed by atoms with Gasteiger partial charge in [0, 0.05) is 19.9 Å². The minimum atomic E-state index is -0.802. The number of nitrogens with zero attached hydrogens (tertiary/aromatic N) is 2. The maximum absolute atomic E-state index is 11.6. The molecule has 0 radical (unpaired) electrons. The Kier molecular flexibility index (Phi) is 6.13. The van der Waals surface area contributed by atoms with E-state index in [1.165, 1.54) is 0 Å². The van der Waals surface area contributed by atoms with Crippen molar-refractivity contribution in [2.24, 2.45) is 5.41 Å². The second-order valence-electron chi connectivity index (χ2n) is 5.65. The van der Waals surface area contributed by atoms with Gasteiger partial charge in [-0.15, -0.1) is 0 Å². The summed E-state index contributed by atoms with van der Waals surface area (Å²) < 4.78 is 4.79. The summed E-state index contributed by atoms with van der Waals surface area (Å²) in [4.78, 5) is 26.1. The highest BCUT2D eigenvalue weighted by Crippen LogP contribution is 2.25.